The van der Waals surface area contributed by atoms with Crippen molar-refractivity contribution in [1.29, 1.82) is 0 Å². The van der Waals surface area contributed by atoms with E-state index in [2.05, 4.69) is 25.9 Å². The van der Waals surface area contributed by atoms with Crippen LogP contribution in [-0.2, 0) is 11.2 Å². The summed E-state index contributed by atoms with van der Waals surface area (Å²) >= 11 is 0. The summed E-state index contributed by atoms with van der Waals surface area (Å²) in [5, 5.41) is 8.51. The molecular weight excluding hydrogens is 349 g/mol. The van der Waals surface area contributed by atoms with Gasteiger partial charge in [0.25, 0.3) is 5.91 Å². The van der Waals surface area contributed by atoms with E-state index < -0.39 is 5.91 Å². The van der Waals surface area contributed by atoms with Crippen molar-refractivity contribution < 1.29 is 14.0 Å². The number of nitrogens with zero attached hydrogens (tertiary/aromatic N) is 2. The third kappa shape index (κ3) is 3.74. The number of rotatable bonds is 4. The van der Waals surface area contributed by atoms with E-state index in [1.807, 2.05) is 18.2 Å². The van der Waals surface area contributed by atoms with E-state index in [0.29, 0.717) is 17.9 Å². The molecule has 1 aliphatic heterocycles. The first-order valence-electron chi connectivity index (χ1n) is 8.15. The van der Waals surface area contributed by atoms with Crippen molar-refractivity contribution in [2.24, 2.45) is 0 Å². The number of carbonyl (C=O) groups excluding carboxylic acids is 2. The Hall–Kier alpha value is -3.81. The zero-order valence-electron chi connectivity index (χ0n) is 14.0. The maximum atomic E-state index is 12.9. The maximum Gasteiger partial charge on any atom is 0.274 e. The summed E-state index contributed by atoms with van der Waals surface area (Å²) in [6, 6.07) is 12.4. The summed E-state index contributed by atoms with van der Waals surface area (Å²) < 4.78 is 12.9. The van der Waals surface area contributed by atoms with Gasteiger partial charge in [-0.2, -0.15) is 0 Å². The molecule has 134 valence electrons. The van der Waals surface area contributed by atoms with Crippen molar-refractivity contribution in [1.82, 2.24) is 9.97 Å². The molecule has 3 aromatic rings. The molecule has 0 saturated carbocycles. The predicted molar refractivity (Wildman–Crippen MR) is 98.4 cm³/mol. The number of carbonyl (C=O) groups is 2. The molecular formula is C19H14FN5O2. The van der Waals surface area contributed by atoms with Gasteiger partial charge < -0.3 is 16.0 Å². The van der Waals surface area contributed by atoms with Crippen LogP contribution in [0.2, 0.25) is 0 Å². The zero-order chi connectivity index (χ0) is 18.8. The maximum absolute atomic E-state index is 12.9. The minimum Gasteiger partial charge on any atom is -0.340 e. The van der Waals surface area contributed by atoms with Gasteiger partial charge in [0, 0.05) is 23.1 Å². The zero-order valence-corrected chi connectivity index (χ0v) is 14.0. The van der Waals surface area contributed by atoms with Crippen LogP contribution in [-0.4, -0.2) is 21.8 Å². The summed E-state index contributed by atoms with van der Waals surface area (Å²) in [7, 11) is 0. The topological polar surface area (TPSA) is 96.0 Å². The Morgan fingerprint density at radius 2 is 1.81 bits per heavy atom. The summed E-state index contributed by atoms with van der Waals surface area (Å²) in [6.07, 6.45) is 1.61. The van der Waals surface area contributed by atoms with Crippen LogP contribution in [0.25, 0.3) is 0 Å². The van der Waals surface area contributed by atoms with Gasteiger partial charge in [0.1, 0.15) is 23.7 Å². The van der Waals surface area contributed by atoms with Gasteiger partial charge in [-0.15, -0.1) is 0 Å². The highest BCUT2D eigenvalue weighted by Gasteiger charge is 2.17. The first kappa shape index (κ1) is 16.6. The van der Waals surface area contributed by atoms with E-state index >= 15 is 0 Å². The second-order valence-corrected chi connectivity index (χ2v) is 5.97. The van der Waals surface area contributed by atoms with Gasteiger partial charge >= 0.3 is 0 Å². The molecule has 0 saturated heterocycles. The molecule has 8 heteroatoms. The highest BCUT2D eigenvalue weighted by Crippen LogP contribution is 2.27. The van der Waals surface area contributed by atoms with Gasteiger partial charge in [-0.25, -0.2) is 14.4 Å². The third-order valence-corrected chi connectivity index (χ3v) is 4.00. The van der Waals surface area contributed by atoms with E-state index in [1.54, 1.807) is 0 Å². The van der Waals surface area contributed by atoms with Crippen molar-refractivity contribution in [2.75, 3.05) is 16.0 Å². The van der Waals surface area contributed by atoms with Gasteiger partial charge in [-0.3, -0.25) is 9.59 Å². The SMILES string of the molecule is O=C1Cc2cc(Nc3cc(C(=O)Nc4ccc(F)cc4)ncn3)ccc2N1. The molecule has 3 N–H and O–H groups in total. The van der Waals surface area contributed by atoms with Gasteiger partial charge in [0.15, 0.2) is 0 Å². The lowest BCUT2D eigenvalue weighted by molar-refractivity contribution is -0.115. The van der Waals surface area contributed by atoms with E-state index in [0.717, 1.165) is 16.9 Å². The molecule has 1 aliphatic rings. The fourth-order valence-corrected chi connectivity index (χ4v) is 2.73. The molecule has 7 nitrogen and oxygen atoms in total. The first-order valence-corrected chi connectivity index (χ1v) is 8.15. The Balaban J connectivity index is 1.49. The van der Waals surface area contributed by atoms with Crippen molar-refractivity contribution in [3.05, 3.63) is 71.9 Å². The standard InChI is InChI=1S/C19H14FN5O2/c20-12-1-3-13(4-2-12)24-19(27)16-9-17(22-10-21-16)23-14-5-6-15-11(7-14)8-18(26)25-15/h1-7,9-10H,8H2,(H,24,27)(H,25,26)(H,21,22,23). The Morgan fingerprint density at radius 3 is 2.63 bits per heavy atom. The van der Waals surface area contributed by atoms with Crippen LogP contribution in [0.4, 0.5) is 27.3 Å². The largest absolute Gasteiger partial charge is 0.340 e. The summed E-state index contributed by atoms with van der Waals surface area (Å²) in [6.45, 7) is 0. The third-order valence-electron chi connectivity index (χ3n) is 4.00. The van der Waals surface area contributed by atoms with Crippen molar-refractivity contribution in [2.45, 2.75) is 6.42 Å². The van der Waals surface area contributed by atoms with Gasteiger partial charge in [0.05, 0.1) is 6.42 Å². The molecule has 1 aromatic heterocycles. The fraction of sp³-hybridized carbons (Fsp3) is 0.0526. The molecule has 4 rings (SSSR count). The molecule has 2 heterocycles. The van der Waals surface area contributed by atoms with Crippen molar-refractivity contribution in [3.63, 3.8) is 0 Å². The average Bonchev–Trinajstić information content (AvgIpc) is 3.03. The molecule has 0 spiro atoms. The van der Waals surface area contributed by atoms with Crippen LogP contribution in [0, 0.1) is 5.82 Å². The number of hydrogen-bond acceptors (Lipinski definition) is 5. The highest BCUT2D eigenvalue weighted by atomic mass is 19.1. The number of fused-ring (bicyclic) bond motifs is 1. The van der Waals surface area contributed by atoms with Crippen LogP contribution >= 0.6 is 0 Å². The highest BCUT2D eigenvalue weighted by molar-refractivity contribution is 6.03. The molecule has 0 atom stereocenters. The number of hydrogen-bond donors (Lipinski definition) is 3. The number of anilines is 4. The van der Waals surface area contributed by atoms with Crippen LogP contribution in [0.3, 0.4) is 0 Å². The quantitative estimate of drug-likeness (QED) is 0.662. The molecule has 0 aliphatic carbocycles. The lowest BCUT2D eigenvalue weighted by atomic mass is 10.1. The number of nitrogens with one attached hydrogen (secondary N) is 3. The van der Waals surface area contributed by atoms with Gasteiger partial charge in [-0.05, 0) is 48.0 Å². The molecule has 0 fully saturated rings. The molecule has 2 amide bonds. The van der Waals surface area contributed by atoms with Crippen molar-refractivity contribution >= 4 is 34.7 Å². The van der Waals surface area contributed by atoms with E-state index in [9.17, 15) is 14.0 Å². The van der Waals surface area contributed by atoms with Crippen LogP contribution < -0.4 is 16.0 Å². The number of halogens is 1. The van der Waals surface area contributed by atoms with Gasteiger partial charge in [-0.1, -0.05) is 0 Å². The summed E-state index contributed by atoms with van der Waals surface area (Å²) in [5.41, 5.74) is 3.06. The lowest BCUT2D eigenvalue weighted by Gasteiger charge is -2.09. The minimum absolute atomic E-state index is 0.0380. The Kier molecular flexibility index (Phi) is 4.21. The van der Waals surface area contributed by atoms with Gasteiger partial charge in [0.2, 0.25) is 5.91 Å². The van der Waals surface area contributed by atoms with Crippen LogP contribution in [0.15, 0.2) is 54.9 Å². The van der Waals surface area contributed by atoms with E-state index in [-0.39, 0.29) is 17.4 Å². The lowest BCUT2D eigenvalue weighted by Crippen LogP contribution is -2.14. The second kappa shape index (κ2) is 6.83. The Morgan fingerprint density at radius 1 is 1.04 bits per heavy atom. The van der Waals surface area contributed by atoms with Crippen LogP contribution in [0.1, 0.15) is 16.1 Å². The molecule has 2 aromatic carbocycles. The van der Waals surface area contributed by atoms with E-state index in [1.165, 1.54) is 36.7 Å². The first-order chi connectivity index (χ1) is 13.1. The Bertz CT molecular complexity index is 1040. The molecule has 27 heavy (non-hydrogen) atoms. The smallest absolute Gasteiger partial charge is 0.274 e. The number of benzene rings is 2. The molecule has 0 bridgehead atoms. The Labute approximate surface area is 153 Å². The van der Waals surface area contributed by atoms with Crippen molar-refractivity contribution in [3.8, 4) is 0 Å². The predicted octanol–water partition coefficient (Wildman–Crippen LogP) is 3.11. The summed E-state index contributed by atoms with van der Waals surface area (Å²) in [5.74, 6) is -0.418. The minimum atomic E-state index is -0.434. The molecule has 0 radical (unpaired) electrons. The average molecular weight is 363 g/mol. The van der Waals surface area contributed by atoms with E-state index in [4.69, 9.17) is 0 Å². The monoisotopic (exact) mass is 363 g/mol. The summed E-state index contributed by atoms with van der Waals surface area (Å²) in [4.78, 5) is 31.8. The number of aromatic nitrogens is 2. The fourth-order valence-electron chi connectivity index (χ4n) is 2.73. The second-order valence-electron chi connectivity index (χ2n) is 5.97. The number of amides is 2. The van der Waals surface area contributed by atoms with Crippen LogP contribution in [0.5, 0.6) is 0 Å². The molecule has 0 unspecified atom stereocenters. The normalized spacial score (nSPS) is 12.3.